The number of halogens is 5. The van der Waals surface area contributed by atoms with Crippen molar-refractivity contribution in [2.75, 3.05) is 18.5 Å². The van der Waals surface area contributed by atoms with Gasteiger partial charge in [0.1, 0.15) is 29.8 Å². The molecule has 3 heterocycles. The monoisotopic (exact) mass is 513 g/mol. The minimum absolute atomic E-state index is 0.155. The van der Waals surface area contributed by atoms with Crippen molar-refractivity contribution in [2.45, 2.75) is 63.3 Å². The topological polar surface area (TPSA) is 103 Å². The molecule has 8 nitrogen and oxygen atoms in total. The van der Waals surface area contributed by atoms with Gasteiger partial charge in [-0.05, 0) is 31.5 Å². The third-order valence-corrected chi connectivity index (χ3v) is 6.39. The summed E-state index contributed by atoms with van der Waals surface area (Å²) in [4.78, 5) is 14.3. The Morgan fingerprint density at radius 3 is 2.83 bits per heavy atom. The highest BCUT2D eigenvalue weighted by atomic mass is 19.3. The maximum atomic E-state index is 15.2. The van der Waals surface area contributed by atoms with Gasteiger partial charge >= 0.3 is 6.03 Å². The van der Waals surface area contributed by atoms with Crippen LogP contribution in [0.15, 0.2) is 18.2 Å². The summed E-state index contributed by atoms with van der Waals surface area (Å²) in [6.45, 7) is -0.330. The number of hydrogen-bond acceptors (Lipinski definition) is 5. The van der Waals surface area contributed by atoms with E-state index in [9.17, 15) is 23.1 Å². The van der Waals surface area contributed by atoms with Crippen molar-refractivity contribution in [3.05, 3.63) is 46.5 Å². The second kappa shape index (κ2) is 9.67. The number of anilines is 1. The molecule has 0 aliphatic carbocycles. The average Bonchev–Trinajstić information content (AvgIpc) is 3.10. The van der Waals surface area contributed by atoms with E-state index >= 15 is 8.78 Å². The van der Waals surface area contributed by atoms with Gasteiger partial charge in [0.05, 0.1) is 31.0 Å². The van der Waals surface area contributed by atoms with Crippen LogP contribution in [0.25, 0.3) is 0 Å². The van der Waals surface area contributed by atoms with Crippen molar-refractivity contribution < 1.29 is 36.6 Å². The lowest BCUT2D eigenvalue weighted by atomic mass is 9.94. The number of aromatic nitrogens is 2. The molecule has 2 aromatic rings. The van der Waals surface area contributed by atoms with Gasteiger partial charge in [-0.3, -0.25) is 4.68 Å². The van der Waals surface area contributed by atoms with E-state index in [2.05, 4.69) is 10.4 Å². The van der Waals surface area contributed by atoms with Gasteiger partial charge in [0.25, 0.3) is 12.3 Å². The second-order valence-corrected chi connectivity index (χ2v) is 9.18. The molecule has 0 radical (unpaired) electrons. The second-order valence-electron chi connectivity index (χ2n) is 9.18. The number of hydrogen-bond donors (Lipinski definition) is 2. The number of fused-ring (bicyclic) bond motifs is 3. The van der Waals surface area contributed by atoms with E-state index in [1.165, 1.54) is 17.0 Å². The maximum Gasteiger partial charge on any atom is 0.322 e. The lowest BCUT2D eigenvalue weighted by Crippen LogP contribution is -2.45. The molecule has 13 heteroatoms. The summed E-state index contributed by atoms with van der Waals surface area (Å²) >= 11 is 0. The van der Waals surface area contributed by atoms with Crippen LogP contribution in [-0.4, -0.2) is 57.1 Å². The molecule has 0 spiro atoms. The largest absolute Gasteiger partial charge is 0.386 e. The average molecular weight is 513 g/mol. The zero-order valence-electron chi connectivity index (χ0n) is 19.3. The van der Waals surface area contributed by atoms with Gasteiger partial charge in [0, 0.05) is 30.1 Å². The fourth-order valence-electron chi connectivity index (χ4n) is 4.60. The van der Waals surface area contributed by atoms with E-state index in [4.69, 9.17) is 10.00 Å². The smallest absolute Gasteiger partial charge is 0.322 e. The summed E-state index contributed by atoms with van der Waals surface area (Å²) in [5, 5.41) is 26.7. The zero-order chi connectivity index (χ0) is 26.3. The third kappa shape index (κ3) is 5.15. The summed E-state index contributed by atoms with van der Waals surface area (Å²) in [5.41, 5.74) is -1.82. The first kappa shape index (κ1) is 25.8. The molecule has 1 aromatic carbocycles. The SMILES string of the molecule is C[C@@H]1Cc2nn3c(c2CN1C(=O)Nc1ccc(F)c(C#N)c1)C(F)(F)CC[C@](O)(COCC(F)F)C3. The van der Waals surface area contributed by atoms with E-state index in [-0.39, 0.29) is 36.3 Å². The quantitative estimate of drug-likeness (QED) is 0.593. The number of nitriles is 1. The molecule has 0 bridgehead atoms. The molecule has 2 N–H and O–H groups in total. The van der Waals surface area contributed by atoms with Gasteiger partial charge < -0.3 is 20.1 Å². The Kier molecular flexibility index (Phi) is 6.94. The Bertz CT molecular complexity index is 1200. The Hall–Kier alpha value is -3.24. The molecule has 36 heavy (non-hydrogen) atoms. The van der Waals surface area contributed by atoms with E-state index in [0.717, 1.165) is 10.7 Å². The number of rotatable bonds is 5. The molecule has 2 aliphatic heterocycles. The predicted octanol–water partition coefficient (Wildman–Crippen LogP) is 3.77. The summed E-state index contributed by atoms with van der Waals surface area (Å²) in [6, 6.07) is 4.11. The first-order chi connectivity index (χ1) is 16.9. The van der Waals surface area contributed by atoms with E-state index in [1.807, 2.05) is 0 Å². The minimum Gasteiger partial charge on any atom is -0.386 e. The zero-order valence-corrected chi connectivity index (χ0v) is 19.3. The van der Waals surface area contributed by atoms with E-state index < -0.39 is 67.6 Å². The van der Waals surface area contributed by atoms with Crippen LogP contribution in [0.5, 0.6) is 0 Å². The highest BCUT2D eigenvalue weighted by Crippen LogP contribution is 2.43. The van der Waals surface area contributed by atoms with Gasteiger partial charge in [-0.2, -0.15) is 19.1 Å². The minimum atomic E-state index is -3.39. The molecule has 0 fully saturated rings. The molecule has 0 unspecified atom stereocenters. The maximum absolute atomic E-state index is 15.2. The van der Waals surface area contributed by atoms with Crippen LogP contribution in [0.2, 0.25) is 0 Å². The summed E-state index contributed by atoms with van der Waals surface area (Å²) in [7, 11) is 0. The highest BCUT2D eigenvalue weighted by molar-refractivity contribution is 5.90. The normalized spacial score (nSPS) is 23.0. The number of alkyl halides is 4. The molecule has 1 aromatic heterocycles. The highest BCUT2D eigenvalue weighted by Gasteiger charge is 2.48. The molecule has 2 aliphatic rings. The number of benzene rings is 1. The summed E-state index contributed by atoms with van der Waals surface area (Å²) in [5.74, 6) is -4.13. The van der Waals surface area contributed by atoms with Gasteiger partial charge in [-0.25, -0.2) is 18.0 Å². The number of carbonyl (C=O) groups excluding carboxylic acids is 1. The van der Waals surface area contributed by atoms with Crippen LogP contribution in [0.3, 0.4) is 0 Å². The number of amides is 2. The Labute approximate surface area is 203 Å². The molecular formula is C23H24F5N5O3. The van der Waals surface area contributed by atoms with Crippen LogP contribution in [0, 0.1) is 17.1 Å². The molecule has 194 valence electrons. The lowest BCUT2D eigenvalue weighted by molar-refractivity contribution is -0.0927. The fraction of sp³-hybridized carbons (Fsp3) is 0.522. The molecule has 2 atom stereocenters. The molecule has 0 saturated carbocycles. The van der Waals surface area contributed by atoms with Crippen molar-refractivity contribution >= 4 is 11.7 Å². The number of urea groups is 1. The van der Waals surface area contributed by atoms with Crippen LogP contribution >= 0.6 is 0 Å². The van der Waals surface area contributed by atoms with Gasteiger partial charge in [-0.15, -0.1) is 0 Å². The number of carbonyl (C=O) groups is 1. The molecular weight excluding hydrogens is 489 g/mol. The van der Waals surface area contributed by atoms with E-state index in [0.29, 0.717) is 5.69 Å². The number of nitrogens with one attached hydrogen (secondary N) is 1. The van der Waals surface area contributed by atoms with Crippen molar-refractivity contribution in [1.29, 1.82) is 5.26 Å². The first-order valence-electron chi connectivity index (χ1n) is 11.2. The molecule has 2 amide bonds. The van der Waals surface area contributed by atoms with Gasteiger partial charge in [0.2, 0.25) is 0 Å². The number of nitrogens with zero attached hydrogens (tertiary/aromatic N) is 4. The third-order valence-electron chi connectivity index (χ3n) is 6.39. The van der Waals surface area contributed by atoms with E-state index in [1.54, 1.807) is 13.0 Å². The predicted molar refractivity (Wildman–Crippen MR) is 116 cm³/mol. The lowest BCUT2D eigenvalue weighted by Gasteiger charge is -2.33. The standard InChI is InChI=1S/C23H24F5N5O3/c1-13-6-18-16(9-32(13)21(34)30-15-2-3-17(24)14(7-15)8-29)20-23(27,28)5-4-22(35,11-33(20)31-18)12-36-10-19(25)26/h2-3,7,13,19,35H,4-6,9-12H2,1H3,(H,30,34)/t13-,22-/m1/s1. The molecule has 0 saturated heterocycles. The summed E-state index contributed by atoms with van der Waals surface area (Å²) in [6.07, 6.45) is -3.75. The fourth-order valence-corrected chi connectivity index (χ4v) is 4.60. The van der Waals surface area contributed by atoms with Crippen LogP contribution in [0.4, 0.5) is 32.4 Å². The summed E-state index contributed by atoms with van der Waals surface area (Å²) < 4.78 is 74.8. The van der Waals surface area contributed by atoms with Crippen LogP contribution < -0.4 is 5.32 Å². The molecule has 4 rings (SSSR count). The van der Waals surface area contributed by atoms with Crippen LogP contribution in [0.1, 0.15) is 42.3 Å². The van der Waals surface area contributed by atoms with Crippen LogP contribution in [-0.2, 0) is 30.2 Å². The number of aliphatic hydroxyl groups is 1. The first-order valence-corrected chi connectivity index (χ1v) is 11.2. The Morgan fingerprint density at radius 1 is 1.39 bits per heavy atom. The van der Waals surface area contributed by atoms with Crippen molar-refractivity contribution in [2.24, 2.45) is 0 Å². The van der Waals surface area contributed by atoms with Crippen molar-refractivity contribution in [3.63, 3.8) is 0 Å². The van der Waals surface area contributed by atoms with Gasteiger partial charge in [-0.1, -0.05) is 0 Å². The van der Waals surface area contributed by atoms with Crippen molar-refractivity contribution in [1.82, 2.24) is 14.7 Å². The van der Waals surface area contributed by atoms with Crippen molar-refractivity contribution in [3.8, 4) is 6.07 Å². The van der Waals surface area contributed by atoms with Gasteiger partial charge in [0.15, 0.2) is 0 Å². The number of ether oxygens (including phenoxy) is 1. The Balaban J connectivity index is 1.58. The Morgan fingerprint density at radius 2 is 2.14 bits per heavy atom.